The van der Waals surface area contributed by atoms with Gasteiger partial charge in [-0.1, -0.05) is 44.2 Å². The predicted octanol–water partition coefficient (Wildman–Crippen LogP) is 3.21. The van der Waals surface area contributed by atoms with E-state index in [1.54, 1.807) is 12.1 Å². The maximum atomic E-state index is 11.6. The summed E-state index contributed by atoms with van der Waals surface area (Å²) in [7, 11) is -4.20. The van der Waals surface area contributed by atoms with E-state index in [2.05, 4.69) is 0 Å². The third-order valence-electron chi connectivity index (χ3n) is 3.20. The van der Waals surface area contributed by atoms with Crippen LogP contribution in [0.25, 0.3) is 10.8 Å². The number of fused-ring (bicyclic) bond motifs is 1. The minimum Gasteiger partial charge on any atom is -0.282 e. The highest BCUT2D eigenvalue weighted by Crippen LogP contribution is 2.29. The molecule has 0 saturated heterocycles. The van der Waals surface area contributed by atoms with Crippen molar-refractivity contribution in [3.63, 3.8) is 0 Å². The van der Waals surface area contributed by atoms with Gasteiger partial charge in [0.05, 0.1) is 0 Å². The topological polar surface area (TPSA) is 54.4 Å². The van der Waals surface area contributed by atoms with Gasteiger partial charge in [0.25, 0.3) is 10.1 Å². The number of hydrogen-bond acceptors (Lipinski definition) is 2. The van der Waals surface area contributed by atoms with E-state index in [1.165, 1.54) is 0 Å². The minimum absolute atomic E-state index is 0.0535. The van der Waals surface area contributed by atoms with Gasteiger partial charge in [-0.3, -0.25) is 4.55 Å². The van der Waals surface area contributed by atoms with Crippen LogP contribution in [-0.4, -0.2) is 13.0 Å². The summed E-state index contributed by atoms with van der Waals surface area (Å²) < 4.78 is 32.6. The zero-order valence-corrected chi connectivity index (χ0v) is 11.3. The molecule has 0 aliphatic rings. The largest absolute Gasteiger partial charge is 0.295 e. The van der Waals surface area contributed by atoms with Crippen LogP contribution in [0.15, 0.2) is 35.2 Å². The van der Waals surface area contributed by atoms with E-state index in [0.29, 0.717) is 17.4 Å². The maximum absolute atomic E-state index is 11.6. The lowest BCUT2D eigenvalue weighted by Crippen LogP contribution is -2.04. The van der Waals surface area contributed by atoms with E-state index in [0.717, 1.165) is 17.4 Å². The van der Waals surface area contributed by atoms with E-state index in [9.17, 15) is 13.0 Å². The summed E-state index contributed by atoms with van der Waals surface area (Å²) in [6.45, 7) is 3.90. The summed E-state index contributed by atoms with van der Waals surface area (Å²) in [6, 6.07) is 9.26. The predicted molar refractivity (Wildman–Crippen MR) is 72.5 cm³/mol. The van der Waals surface area contributed by atoms with Gasteiger partial charge in [0.1, 0.15) is 4.90 Å². The first-order chi connectivity index (χ1) is 8.49. The summed E-state index contributed by atoms with van der Waals surface area (Å²) in [5, 5.41) is 1.50. The van der Waals surface area contributed by atoms with Crippen molar-refractivity contribution in [2.24, 2.45) is 0 Å². The molecule has 1 N–H and O–H groups in total. The Bertz CT molecular complexity index is 687. The lowest BCUT2D eigenvalue weighted by atomic mass is 10.00. The Morgan fingerprint density at radius 1 is 0.944 bits per heavy atom. The van der Waals surface area contributed by atoms with Crippen molar-refractivity contribution >= 4 is 20.9 Å². The van der Waals surface area contributed by atoms with Crippen LogP contribution in [0.3, 0.4) is 0 Å². The smallest absolute Gasteiger partial charge is 0.282 e. The van der Waals surface area contributed by atoms with Crippen molar-refractivity contribution < 1.29 is 13.0 Å². The fraction of sp³-hybridized carbons (Fsp3) is 0.286. The Morgan fingerprint density at radius 2 is 1.61 bits per heavy atom. The fourth-order valence-electron chi connectivity index (χ4n) is 2.33. The van der Waals surface area contributed by atoms with Crippen LogP contribution in [0.4, 0.5) is 0 Å². The van der Waals surface area contributed by atoms with Gasteiger partial charge in [0.15, 0.2) is 0 Å². The van der Waals surface area contributed by atoms with Gasteiger partial charge in [0.2, 0.25) is 0 Å². The summed E-state index contributed by atoms with van der Waals surface area (Å²) in [5.41, 5.74) is 1.73. The molecule has 0 aliphatic heterocycles. The first kappa shape index (κ1) is 13.1. The van der Waals surface area contributed by atoms with Gasteiger partial charge in [-0.25, -0.2) is 0 Å². The average Bonchev–Trinajstić information content (AvgIpc) is 2.35. The first-order valence-corrected chi connectivity index (χ1v) is 7.44. The van der Waals surface area contributed by atoms with Crippen LogP contribution in [0.1, 0.15) is 25.0 Å². The van der Waals surface area contributed by atoms with Crippen molar-refractivity contribution in [1.29, 1.82) is 0 Å². The lowest BCUT2D eigenvalue weighted by molar-refractivity contribution is 0.483. The Balaban J connectivity index is 2.96. The SMILES string of the molecule is CCc1ccc2c(CC)cccc2c1S(=O)(=O)O. The quantitative estimate of drug-likeness (QED) is 0.866. The highest BCUT2D eigenvalue weighted by Gasteiger charge is 2.18. The van der Waals surface area contributed by atoms with Crippen LogP contribution >= 0.6 is 0 Å². The molecular weight excluding hydrogens is 248 g/mol. The minimum atomic E-state index is -4.20. The van der Waals surface area contributed by atoms with Crippen molar-refractivity contribution in [1.82, 2.24) is 0 Å². The van der Waals surface area contributed by atoms with Crippen LogP contribution < -0.4 is 0 Å². The van der Waals surface area contributed by atoms with E-state index in [1.807, 2.05) is 32.0 Å². The third kappa shape index (κ3) is 2.13. The van der Waals surface area contributed by atoms with E-state index in [-0.39, 0.29) is 4.90 Å². The van der Waals surface area contributed by atoms with E-state index < -0.39 is 10.1 Å². The van der Waals surface area contributed by atoms with Gasteiger partial charge in [-0.15, -0.1) is 0 Å². The Hall–Kier alpha value is -1.39. The molecule has 0 spiro atoms. The molecule has 0 saturated carbocycles. The summed E-state index contributed by atoms with van der Waals surface area (Å²) >= 11 is 0. The van der Waals surface area contributed by atoms with Gasteiger partial charge >= 0.3 is 0 Å². The summed E-state index contributed by atoms with van der Waals surface area (Å²) in [6.07, 6.45) is 1.40. The second-order valence-electron chi connectivity index (χ2n) is 4.25. The lowest BCUT2D eigenvalue weighted by Gasteiger charge is -2.11. The van der Waals surface area contributed by atoms with Crippen molar-refractivity contribution in [2.75, 3.05) is 0 Å². The van der Waals surface area contributed by atoms with Crippen LogP contribution in [0.5, 0.6) is 0 Å². The summed E-state index contributed by atoms with van der Waals surface area (Å²) in [5.74, 6) is 0. The maximum Gasteiger partial charge on any atom is 0.295 e. The fourth-order valence-corrected chi connectivity index (χ4v) is 3.33. The molecule has 0 aromatic heterocycles. The van der Waals surface area contributed by atoms with Gasteiger partial charge in [0, 0.05) is 5.39 Å². The molecule has 0 amide bonds. The molecule has 0 atom stereocenters. The van der Waals surface area contributed by atoms with E-state index >= 15 is 0 Å². The normalized spacial score (nSPS) is 11.9. The number of benzene rings is 2. The van der Waals surface area contributed by atoms with Crippen molar-refractivity contribution in [3.8, 4) is 0 Å². The van der Waals surface area contributed by atoms with Crippen molar-refractivity contribution in [3.05, 3.63) is 41.5 Å². The highest BCUT2D eigenvalue weighted by molar-refractivity contribution is 7.86. The molecule has 0 fully saturated rings. The molecule has 0 aliphatic carbocycles. The van der Waals surface area contributed by atoms with Gasteiger partial charge < -0.3 is 0 Å². The molecule has 0 unspecified atom stereocenters. The molecular formula is C14H16O3S. The van der Waals surface area contributed by atoms with Crippen LogP contribution in [0, 0.1) is 0 Å². The van der Waals surface area contributed by atoms with E-state index in [4.69, 9.17) is 0 Å². The van der Waals surface area contributed by atoms with Crippen molar-refractivity contribution in [2.45, 2.75) is 31.6 Å². The van der Waals surface area contributed by atoms with Crippen LogP contribution in [-0.2, 0) is 23.0 Å². The second kappa shape index (κ2) is 4.71. The first-order valence-electron chi connectivity index (χ1n) is 6.00. The Kier molecular flexibility index (Phi) is 3.41. The molecule has 0 bridgehead atoms. The second-order valence-corrected chi connectivity index (χ2v) is 5.61. The summed E-state index contributed by atoms with van der Waals surface area (Å²) in [4.78, 5) is 0.0535. The number of hydrogen-bond donors (Lipinski definition) is 1. The van der Waals surface area contributed by atoms with Gasteiger partial charge in [-0.2, -0.15) is 8.42 Å². The molecule has 2 rings (SSSR count). The average molecular weight is 264 g/mol. The molecule has 3 nitrogen and oxygen atoms in total. The standard InChI is InChI=1S/C14H16O3S/c1-3-10-6-5-7-13-12(10)9-8-11(4-2)14(13)18(15,16)17/h5-9H,3-4H2,1-2H3,(H,15,16,17). The zero-order chi connectivity index (χ0) is 13.3. The van der Waals surface area contributed by atoms with Crippen LogP contribution in [0.2, 0.25) is 0 Å². The molecule has 4 heteroatoms. The number of rotatable bonds is 3. The third-order valence-corrected chi connectivity index (χ3v) is 4.20. The Labute approximate surface area is 107 Å². The monoisotopic (exact) mass is 264 g/mol. The molecule has 0 radical (unpaired) electrons. The highest BCUT2D eigenvalue weighted by atomic mass is 32.2. The number of aryl methyl sites for hydroxylation is 2. The molecule has 18 heavy (non-hydrogen) atoms. The molecule has 2 aromatic carbocycles. The van der Waals surface area contributed by atoms with Gasteiger partial charge in [-0.05, 0) is 29.4 Å². The Morgan fingerprint density at radius 3 is 2.17 bits per heavy atom. The molecule has 2 aromatic rings. The zero-order valence-electron chi connectivity index (χ0n) is 10.5. The molecule has 96 valence electrons. The molecule has 0 heterocycles.